The van der Waals surface area contributed by atoms with Gasteiger partial charge >= 0.3 is 0 Å². The van der Waals surface area contributed by atoms with E-state index in [2.05, 4.69) is 69.7 Å². The van der Waals surface area contributed by atoms with Crippen LogP contribution in [0.5, 0.6) is 0 Å². The van der Waals surface area contributed by atoms with E-state index in [4.69, 9.17) is 0 Å². The zero-order valence-corrected chi connectivity index (χ0v) is 21.7. The molecule has 1 saturated carbocycles. The molecule has 0 radical (unpaired) electrons. The lowest BCUT2D eigenvalue weighted by Crippen LogP contribution is -2.46. The Balaban J connectivity index is 0.00000341. The molecule has 1 aliphatic carbocycles. The predicted molar refractivity (Wildman–Crippen MR) is 139 cm³/mol. The highest BCUT2D eigenvalue weighted by molar-refractivity contribution is 14.0. The Morgan fingerprint density at radius 2 is 1.94 bits per heavy atom. The van der Waals surface area contributed by atoms with Gasteiger partial charge in [0, 0.05) is 51.2 Å². The largest absolute Gasteiger partial charge is 0.356 e. The van der Waals surface area contributed by atoms with Crippen LogP contribution < -0.4 is 10.6 Å². The maximum atomic E-state index is 12.6. The Hall–Kier alpha value is -1.35. The van der Waals surface area contributed by atoms with E-state index in [9.17, 15) is 4.79 Å². The summed E-state index contributed by atoms with van der Waals surface area (Å²) in [5.74, 6) is 1.48. The number of nitrogens with zero attached hydrogens (tertiary/aromatic N) is 3. The maximum absolute atomic E-state index is 12.6. The third kappa shape index (κ3) is 7.93. The lowest BCUT2D eigenvalue weighted by atomic mass is 10.1. The Morgan fingerprint density at radius 3 is 2.61 bits per heavy atom. The standard InChI is InChI=1S/C24H39N5O.HI/c1-19(28(3)17-20-9-5-4-6-10-20)13-15-26-24(25-2)27-22-14-16-29(18-22)23(30)21-11-7-8-12-21;/h4-6,9-10,19,21-22H,7-8,11-18H2,1-3H3,(H2,25,26,27);1H. The number of guanidine groups is 1. The zero-order valence-electron chi connectivity index (χ0n) is 19.3. The van der Waals surface area contributed by atoms with Crippen molar-refractivity contribution in [2.24, 2.45) is 10.9 Å². The molecule has 2 N–H and O–H groups in total. The van der Waals surface area contributed by atoms with Crippen LogP contribution in [0.25, 0.3) is 0 Å². The molecule has 1 aliphatic heterocycles. The molecule has 0 spiro atoms. The summed E-state index contributed by atoms with van der Waals surface area (Å²) >= 11 is 0. The molecule has 0 bridgehead atoms. The number of hydrogen-bond donors (Lipinski definition) is 2. The fourth-order valence-corrected chi connectivity index (χ4v) is 4.54. The molecule has 174 valence electrons. The van der Waals surface area contributed by atoms with E-state index < -0.39 is 0 Å². The number of nitrogens with one attached hydrogen (secondary N) is 2. The predicted octanol–water partition coefficient (Wildman–Crippen LogP) is 3.47. The van der Waals surface area contributed by atoms with E-state index in [0.29, 0.717) is 18.0 Å². The van der Waals surface area contributed by atoms with Crippen LogP contribution in [0.2, 0.25) is 0 Å². The molecule has 6 nitrogen and oxygen atoms in total. The molecule has 0 aromatic heterocycles. The van der Waals surface area contributed by atoms with E-state index in [-0.39, 0.29) is 29.9 Å². The average Bonchev–Trinajstić information content (AvgIpc) is 3.45. The third-order valence-electron chi connectivity index (χ3n) is 6.65. The second kappa shape index (κ2) is 13.3. The van der Waals surface area contributed by atoms with Gasteiger partial charge in [-0.25, -0.2) is 0 Å². The van der Waals surface area contributed by atoms with Crippen LogP contribution in [0.1, 0.15) is 51.0 Å². The second-order valence-corrected chi connectivity index (χ2v) is 8.93. The van der Waals surface area contributed by atoms with Crippen LogP contribution in [0.15, 0.2) is 35.3 Å². The van der Waals surface area contributed by atoms with Gasteiger partial charge in [0.1, 0.15) is 0 Å². The fraction of sp³-hybridized carbons (Fsp3) is 0.667. The number of hydrogen-bond acceptors (Lipinski definition) is 3. The highest BCUT2D eigenvalue weighted by Crippen LogP contribution is 2.27. The van der Waals surface area contributed by atoms with Crippen molar-refractivity contribution in [3.63, 3.8) is 0 Å². The number of halogens is 1. The van der Waals surface area contributed by atoms with E-state index in [0.717, 1.165) is 57.8 Å². The lowest BCUT2D eigenvalue weighted by molar-refractivity contribution is -0.134. The molecule has 1 saturated heterocycles. The minimum Gasteiger partial charge on any atom is -0.356 e. The average molecular weight is 542 g/mol. The van der Waals surface area contributed by atoms with Crippen molar-refractivity contribution in [1.29, 1.82) is 0 Å². The molecule has 3 rings (SSSR count). The summed E-state index contributed by atoms with van der Waals surface area (Å²) in [5, 5.41) is 6.97. The number of rotatable bonds is 8. The van der Waals surface area contributed by atoms with Gasteiger partial charge in [-0.15, -0.1) is 24.0 Å². The van der Waals surface area contributed by atoms with E-state index in [1.165, 1.54) is 18.4 Å². The van der Waals surface area contributed by atoms with Gasteiger partial charge in [-0.05, 0) is 45.2 Å². The molecule has 2 atom stereocenters. The van der Waals surface area contributed by atoms with Crippen molar-refractivity contribution in [3.8, 4) is 0 Å². The van der Waals surface area contributed by atoms with Crippen molar-refractivity contribution in [3.05, 3.63) is 35.9 Å². The van der Waals surface area contributed by atoms with Crippen molar-refractivity contribution < 1.29 is 4.79 Å². The Bertz CT molecular complexity index is 692. The minimum absolute atomic E-state index is 0. The molecule has 2 fully saturated rings. The molecular formula is C24H40IN5O. The molecule has 1 aromatic carbocycles. The number of aliphatic imine (C=N–C) groups is 1. The summed E-state index contributed by atoms with van der Waals surface area (Å²) in [6.07, 6.45) is 6.61. The first kappa shape index (κ1) is 25.9. The van der Waals surface area contributed by atoms with Crippen molar-refractivity contribution in [2.75, 3.05) is 33.7 Å². The Labute approximate surface area is 205 Å². The van der Waals surface area contributed by atoms with Crippen molar-refractivity contribution in [2.45, 2.75) is 64.1 Å². The van der Waals surface area contributed by atoms with E-state index >= 15 is 0 Å². The topological polar surface area (TPSA) is 60.0 Å². The van der Waals surface area contributed by atoms with Crippen LogP contribution in [-0.2, 0) is 11.3 Å². The maximum Gasteiger partial charge on any atom is 0.225 e. The number of benzene rings is 1. The molecular weight excluding hydrogens is 501 g/mol. The first-order valence-corrected chi connectivity index (χ1v) is 11.6. The number of amides is 1. The smallest absolute Gasteiger partial charge is 0.225 e. The second-order valence-electron chi connectivity index (χ2n) is 8.93. The van der Waals surface area contributed by atoms with Crippen LogP contribution in [0.4, 0.5) is 0 Å². The normalized spacial score (nSPS) is 20.6. The summed E-state index contributed by atoms with van der Waals surface area (Å²) in [7, 11) is 4.00. The molecule has 31 heavy (non-hydrogen) atoms. The number of likely N-dealkylation sites (tertiary alicyclic amines) is 1. The van der Waals surface area contributed by atoms with Gasteiger partial charge in [-0.1, -0.05) is 43.2 Å². The molecule has 1 amide bonds. The monoisotopic (exact) mass is 541 g/mol. The van der Waals surface area contributed by atoms with Crippen LogP contribution in [0, 0.1) is 5.92 Å². The summed E-state index contributed by atoms with van der Waals surface area (Å²) in [5.41, 5.74) is 1.34. The minimum atomic E-state index is 0. The lowest BCUT2D eigenvalue weighted by Gasteiger charge is -2.25. The highest BCUT2D eigenvalue weighted by atomic mass is 127. The van der Waals surface area contributed by atoms with Crippen LogP contribution in [-0.4, -0.2) is 67.5 Å². The summed E-state index contributed by atoms with van der Waals surface area (Å²) in [4.78, 5) is 21.5. The van der Waals surface area contributed by atoms with Gasteiger partial charge in [0.25, 0.3) is 0 Å². The first-order valence-electron chi connectivity index (χ1n) is 11.6. The molecule has 2 unspecified atom stereocenters. The van der Waals surface area contributed by atoms with Gasteiger partial charge in [0.05, 0.1) is 0 Å². The van der Waals surface area contributed by atoms with E-state index in [1.54, 1.807) is 0 Å². The summed E-state index contributed by atoms with van der Waals surface area (Å²) in [6, 6.07) is 11.4. The Kier molecular flexibility index (Phi) is 11.1. The van der Waals surface area contributed by atoms with Crippen molar-refractivity contribution >= 4 is 35.8 Å². The zero-order chi connectivity index (χ0) is 21.3. The summed E-state index contributed by atoms with van der Waals surface area (Å²) < 4.78 is 0. The van der Waals surface area contributed by atoms with Gasteiger partial charge in [0.15, 0.2) is 5.96 Å². The van der Waals surface area contributed by atoms with Gasteiger partial charge in [-0.2, -0.15) is 0 Å². The van der Waals surface area contributed by atoms with E-state index in [1.807, 2.05) is 7.05 Å². The summed E-state index contributed by atoms with van der Waals surface area (Å²) in [6.45, 7) is 5.77. The molecule has 1 aromatic rings. The number of carbonyl (C=O) groups is 1. The third-order valence-corrected chi connectivity index (χ3v) is 6.65. The van der Waals surface area contributed by atoms with Gasteiger partial charge < -0.3 is 15.5 Å². The van der Waals surface area contributed by atoms with Crippen LogP contribution >= 0.6 is 24.0 Å². The molecule has 2 aliphatic rings. The van der Waals surface area contributed by atoms with Gasteiger partial charge in [-0.3, -0.25) is 14.7 Å². The fourth-order valence-electron chi connectivity index (χ4n) is 4.54. The SMILES string of the molecule is CN=C(NCCC(C)N(C)Cc1ccccc1)NC1CCN(C(=O)C2CCCC2)C1.I. The van der Waals surface area contributed by atoms with Gasteiger partial charge in [0.2, 0.25) is 5.91 Å². The molecule has 7 heteroatoms. The first-order chi connectivity index (χ1) is 14.6. The number of carbonyl (C=O) groups excluding carboxylic acids is 1. The van der Waals surface area contributed by atoms with Crippen LogP contribution in [0.3, 0.4) is 0 Å². The van der Waals surface area contributed by atoms with Crippen molar-refractivity contribution in [1.82, 2.24) is 20.4 Å². The molecule has 1 heterocycles. The quantitative estimate of drug-likeness (QED) is 0.301. The Morgan fingerprint density at radius 1 is 1.23 bits per heavy atom. The highest BCUT2D eigenvalue weighted by Gasteiger charge is 2.32.